The van der Waals surface area contributed by atoms with E-state index in [1.165, 1.54) is 16.9 Å². The summed E-state index contributed by atoms with van der Waals surface area (Å²) >= 11 is 1.29. The fourth-order valence-electron chi connectivity index (χ4n) is 3.16. The Morgan fingerprint density at radius 2 is 1.83 bits per heavy atom. The molecule has 0 bridgehead atoms. The van der Waals surface area contributed by atoms with Gasteiger partial charge >= 0.3 is 5.97 Å². The predicted octanol–water partition coefficient (Wildman–Crippen LogP) is 4.86. The number of aromatic nitrogens is 1. The molecule has 154 valence electrons. The molecule has 1 aliphatic rings. The molecule has 6 heteroatoms. The van der Waals surface area contributed by atoms with Crippen molar-refractivity contribution < 1.29 is 14.3 Å². The van der Waals surface area contributed by atoms with E-state index < -0.39 is 12.1 Å². The Hall–Kier alpha value is -2.99. The van der Waals surface area contributed by atoms with Gasteiger partial charge in [-0.05, 0) is 31.7 Å². The van der Waals surface area contributed by atoms with Gasteiger partial charge in [-0.2, -0.15) is 0 Å². The number of esters is 1. The second kappa shape index (κ2) is 8.79. The quantitative estimate of drug-likeness (QED) is 0.555. The zero-order valence-electron chi connectivity index (χ0n) is 17.1. The molecule has 1 saturated carbocycles. The highest BCUT2D eigenvalue weighted by molar-refractivity contribution is 7.17. The number of thiazole rings is 1. The largest absolute Gasteiger partial charge is 0.443 e. The maximum absolute atomic E-state index is 13.0. The van der Waals surface area contributed by atoms with E-state index >= 15 is 0 Å². The summed E-state index contributed by atoms with van der Waals surface area (Å²) in [7, 11) is 0. The molecule has 4 rings (SSSR count). The summed E-state index contributed by atoms with van der Waals surface area (Å²) in [5.41, 5.74) is 3.47. The van der Waals surface area contributed by atoms with Gasteiger partial charge in [-0.25, -0.2) is 9.78 Å². The van der Waals surface area contributed by atoms with Crippen LogP contribution < -0.4 is 5.32 Å². The van der Waals surface area contributed by atoms with Gasteiger partial charge < -0.3 is 10.1 Å². The Morgan fingerprint density at radius 1 is 1.13 bits per heavy atom. The van der Waals surface area contributed by atoms with Crippen LogP contribution in [0.4, 0.5) is 0 Å². The Balaban J connectivity index is 1.56. The van der Waals surface area contributed by atoms with Crippen LogP contribution in [0.5, 0.6) is 0 Å². The number of benzene rings is 2. The van der Waals surface area contributed by atoms with Gasteiger partial charge in [0.05, 0.1) is 5.69 Å². The topological polar surface area (TPSA) is 68.3 Å². The Bertz CT molecular complexity index is 1040. The molecular formula is C24H24N2O3S. The highest BCUT2D eigenvalue weighted by Crippen LogP contribution is 2.31. The molecule has 1 amide bonds. The summed E-state index contributed by atoms with van der Waals surface area (Å²) in [6.07, 6.45) is 1.93. The van der Waals surface area contributed by atoms with Crippen molar-refractivity contribution in [3.05, 3.63) is 76.3 Å². The standard InChI is InChI=1S/C24H24N2O3S/c1-3-16-9-11-18(12-10-16)23-25-15(2)21(30-23)24(28)29-20(17-7-5-4-6-8-17)22(27)26-19-13-14-19/h4-12,19-20H,3,13-14H2,1-2H3,(H,26,27)/t20-/m0/s1. The van der Waals surface area contributed by atoms with E-state index in [1.54, 1.807) is 19.1 Å². The van der Waals surface area contributed by atoms with Gasteiger partial charge in [-0.1, -0.05) is 61.5 Å². The highest BCUT2D eigenvalue weighted by Gasteiger charge is 2.32. The SMILES string of the molecule is CCc1ccc(-c2nc(C)c(C(=O)O[C@H](C(=O)NC3CC3)c3ccccc3)s2)cc1. The maximum atomic E-state index is 13.0. The van der Waals surface area contributed by atoms with Crippen LogP contribution in [-0.2, 0) is 16.0 Å². The lowest BCUT2D eigenvalue weighted by atomic mass is 10.1. The first-order valence-corrected chi connectivity index (χ1v) is 11.0. The molecule has 0 radical (unpaired) electrons. The molecule has 30 heavy (non-hydrogen) atoms. The van der Waals surface area contributed by atoms with Crippen LogP contribution in [-0.4, -0.2) is 22.9 Å². The minimum atomic E-state index is -0.979. The van der Waals surface area contributed by atoms with Crippen molar-refractivity contribution in [2.75, 3.05) is 0 Å². The summed E-state index contributed by atoms with van der Waals surface area (Å²) in [5.74, 6) is -0.809. The molecule has 1 aromatic heterocycles. The second-order valence-corrected chi connectivity index (χ2v) is 8.46. The number of carbonyl (C=O) groups is 2. The first-order chi connectivity index (χ1) is 14.5. The number of hydrogen-bond acceptors (Lipinski definition) is 5. The Morgan fingerprint density at radius 3 is 2.47 bits per heavy atom. The van der Waals surface area contributed by atoms with Crippen molar-refractivity contribution in [2.24, 2.45) is 0 Å². The van der Waals surface area contributed by atoms with Crippen molar-refractivity contribution in [3.8, 4) is 10.6 Å². The number of hydrogen-bond donors (Lipinski definition) is 1. The summed E-state index contributed by atoms with van der Waals surface area (Å²) in [5, 5.41) is 3.70. The normalized spacial score (nSPS) is 14.2. The molecule has 5 nitrogen and oxygen atoms in total. The van der Waals surface area contributed by atoms with Gasteiger partial charge in [0.1, 0.15) is 9.88 Å². The molecule has 1 heterocycles. The van der Waals surface area contributed by atoms with Crippen molar-refractivity contribution in [1.29, 1.82) is 0 Å². The van der Waals surface area contributed by atoms with Crippen molar-refractivity contribution >= 4 is 23.2 Å². The monoisotopic (exact) mass is 420 g/mol. The Kier molecular flexibility index (Phi) is 5.95. The van der Waals surface area contributed by atoms with Crippen LogP contribution >= 0.6 is 11.3 Å². The van der Waals surface area contributed by atoms with Crippen LogP contribution in [0.15, 0.2) is 54.6 Å². The van der Waals surface area contributed by atoms with E-state index in [0.29, 0.717) is 16.1 Å². The molecule has 0 unspecified atom stereocenters. The summed E-state index contributed by atoms with van der Waals surface area (Å²) in [6.45, 7) is 3.90. The predicted molar refractivity (Wildman–Crippen MR) is 117 cm³/mol. The molecule has 1 N–H and O–H groups in total. The number of ether oxygens (including phenoxy) is 1. The van der Waals surface area contributed by atoms with E-state index in [-0.39, 0.29) is 11.9 Å². The van der Waals surface area contributed by atoms with Crippen molar-refractivity contribution in [2.45, 2.75) is 45.3 Å². The molecule has 0 spiro atoms. The summed E-state index contributed by atoms with van der Waals surface area (Å²) in [4.78, 5) is 30.7. The van der Waals surface area contributed by atoms with Gasteiger partial charge in [-0.3, -0.25) is 4.79 Å². The molecule has 1 atom stereocenters. The maximum Gasteiger partial charge on any atom is 0.351 e. The minimum Gasteiger partial charge on any atom is -0.443 e. The lowest BCUT2D eigenvalue weighted by Crippen LogP contribution is -2.33. The summed E-state index contributed by atoms with van der Waals surface area (Å²) in [6, 6.07) is 17.5. The zero-order chi connectivity index (χ0) is 21.1. The first kappa shape index (κ1) is 20.3. The number of carbonyl (C=O) groups excluding carboxylic acids is 2. The van der Waals surface area contributed by atoms with Gasteiger partial charge in [0.15, 0.2) is 0 Å². The first-order valence-electron chi connectivity index (χ1n) is 10.2. The molecule has 3 aromatic rings. The third-order valence-electron chi connectivity index (χ3n) is 5.08. The van der Waals surface area contributed by atoms with E-state index in [2.05, 4.69) is 29.4 Å². The fourth-order valence-corrected chi connectivity index (χ4v) is 4.11. The molecule has 0 aliphatic heterocycles. The minimum absolute atomic E-state index is 0.185. The lowest BCUT2D eigenvalue weighted by molar-refractivity contribution is -0.130. The van der Waals surface area contributed by atoms with Gasteiger partial charge in [0.25, 0.3) is 5.91 Å². The lowest BCUT2D eigenvalue weighted by Gasteiger charge is -2.17. The Labute approximate surface area is 180 Å². The van der Waals surface area contributed by atoms with Gasteiger partial charge in [-0.15, -0.1) is 11.3 Å². The van der Waals surface area contributed by atoms with Crippen LogP contribution in [0.25, 0.3) is 10.6 Å². The third-order valence-corrected chi connectivity index (χ3v) is 6.27. The van der Waals surface area contributed by atoms with Crippen LogP contribution in [0, 0.1) is 6.92 Å². The number of nitrogens with one attached hydrogen (secondary N) is 1. The van der Waals surface area contributed by atoms with Crippen molar-refractivity contribution in [3.63, 3.8) is 0 Å². The van der Waals surface area contributed by atoms with E-state index in [9.17, 15) is 9.59 Å². The van der Waals surface area contributed by atoms with Gasteiger partial charge in [0.2, 0.25) is 6.10 Å². The smallest absolute Gasteiger partial charge is 0.351 e. The van der Waals surface area contributed by atoms with Crippen LogP contribution in [0.1, 0.15) is 52.4 Å². The van der Waals surface area contributed by atoms with Crippen LogP contribution in [0.2, 0.25) is 0 Å². The number of aryl methyl sites for hydroxylation is 2. The zero-order valence-corrected chi connectivity index (χ0v) is 17.9. The molecule has 2 aromatic carbocycles. The fraction of sp³-hybridized carbons (Fsp3) is 0.292. The molecule has 1 aliphatic carbocycles. The second-order valence-electron chi connectivity index (χ2n) is 7.46. The van der Waals surface area contributed by atoms with Crippen molar-refractivity contribution in [1.82, 2.24) is 10.3 Å². The molecular weight excluding hydrogens is 396 g/mol. The van der Waals surface area contributed by atoms with Gasteiger partial charge in [0, 0.05) is 17.2 Å². The average molecular weight is 421 g/mol. The third kappa shape index (κ3) is 4.60. The number of nitrogens with zero attached hydrogens (tertiary/aromatic N) is 1. The van der Waals surface area contributed by atoms with E-state index in [0.717, 1.165) is 29.8 Å². The van der Waals surface area contributed by atoms with E-state index in [4.69, 9.17) is 4.74 Å². The number of amides is 1. The molecule has 0 saturated heterocycles. The number of rotatable bonds is 7. The van der Waals surface area contributed by atoms with E-state index in [1.807, 2.05) is 30.3 Å². The molecule has 1 fully saturated rings. The highest BCUT2D eigenvalue weighted by atomic mass is 32.1. The van der Waals surface area contributed by atoms with Crippen LogP contribution in [0.3, 0.4) is 0 Å². The average Bonchev–Trinajstić information content (AvgIpc) is 3.50. The summed E-state index contributed by atoms with van der Waals surface area (Å²) < 4.78 is 5.70.